The average Bonchev–Trinajstić information content (AvgIpc) is 2.48. The number of rotatable bonds is 1. The Morgan fingerprint density at radius 3 is 2.47 bits per heavy atom. The van der Waals surface area contributed by atoms with Crippen LogP contribution >= 0.6 is 24.0 Å². The maximum absolute atomic E-state index is 13.1. The zero-order chi connectivity index (χ0) is 10.2. The number of hydrogen-bond donors (Lipinski definition) is 1. The molecule has 0 spiro atoms. The molecule has 15 heavy (non-hydrogen) atoms. The summed E-state index contributed by atoms with van der Waals surface area (Å²) in [4.78, 5) is 0. The molecule has 1 saturated heterocycles. The molecule has 1 aromatic rings. The van der Waals surface area contributed by atoms with Crippen molar-refractivity contribution in [3.05, 3.63) is 34.9 Å². The highest BCUT2D eigenvalue weighted by atomic mass is 35.5. The summed E-state index contributed by atoms with van der Waals surface area (Å²) in [7, 11) is 0. The van der Waals surface area contributed by atoms with E-state index in [4.69, 9.17) is 11.6 Å². The van der Waals surface area contributed by atoms with Crippen LogP contribution in [-0.2, 0) is 5.54 Å². The molecule has 1 heterocycles. The van der Waals surface area contributed by atoms with E-state index in [9.17, 15) is 4.39 Å². The van der Waals surface area contributed by atoms with Crippen molar-refractivity contribution in [3.63, 3.8) is 0 Å². The third kappa shape index (κ3) is 2.63. The number of benzene rings is 1. The van der Waals surface area contributed by atoms with E-state index in [0.29, 0.717) is 18.0 Å². The Hall–Kier alpha value is -0.310. The Labute approximate surface area is 100 Å². The van der Waals surface area contributed by atoms with E-state index in [1.165, 1.54) is 0 Å². The van der Waals surface area contributed by atoms with Gasteiger partial charge in [-0.2, -0.15) is 0 Å². The van der Waals surface area contributed by atoms with Crippen LogP contribution in [-0.4, -0.2) is 12.7 Å². The van der Waals surface area contributed by atoms with Crippen molar-refractivity contribution in [1.29, 1.82) is 0 Å². The number of halogens is 3. The van der Waals surface area contributed by atoms with Crippen LogP contribution in [0.25, 0.3) is 0 Å². The lowest BCUT2D eigenvalue weighted by atomic mass is 9.90. The lowest BCUT2D eigenvalue weighted by Crippen LogP contribution is -2.32. The molecule has 1 aromatic carbocycles. The number of hydrogen-bond acceptors (Lipinski definition) is 1. The molecule has 2 atom stereocenters. The Balaban J connectivity index is 0.00000112. The van der Waals surface area contributed by atoms with E-state index in [-0.39, 0.29) is 17.9 Å². The molecule has 0 saturated carbocycles. The highest BCUT2D eigenvalue weighted by Gasteiger charge is 2.35. The first-order valence-corrected chi connectivity index (χ1v) is 5.13. The Kier molecular flexibility index (Phi) is 3.99. The third-order valence-electron chi connectivity index (χ3n) is 2.82. The summed E-state index contributed by atoms with van der Waals surface area (Å²) in [5, 5.41) is 3.92. The first-order chi connectivity index (χ1) is 6.60. The van der Waals surface area contributed by atoms with Crippen molar-refractivity contribution in [1.82, 2.24) is 5.32 Å². The monoisotopic (exact) mass is 249 g/mol. The minimum absolute atomic E-state index is 0. The second-order valence-electron chi connectivity index (χ2n) is 4.02. The maximum atomic E-state index is 13.1. The van der Waals surface area contributed by atoms with Gasteiger partial charge in [0.05, 0.1) is 0 Å². The first-order valence-electron chi connectivity index (χ1n) is 4.75. The van der Waals surface area contributed by atoms with Crippen LogP contribution in [0.1, 0.15) is 18.9 Å². The molecule has 84 valence electrons. The highest BCUT2D eigenvalue weighted by Crippen LogP contribution is 2.32. The summed E-state index contributed by atoms with van der Waals surface area (Å²) >= 11 is 5.80. The quantitative estimate of drug-likeness (QED) is 0.806. The predicted molar refractivity (Wildman–Crippen MR) is 63.6 cm³/mol. The van der Waals surface area contributed by atoms with E-state index in [1.54, 1.807) is 0 Å². The smallest absolute Gasteiger partial charge is 0.115 e. The molecule has 0 bridgehead atoms. The van der Waals surface area contributed by atoms with Gasteiger partial charge < -0.3 is 5.32 Å². The summed E-state index contributed by atoms with van der Waals surface area (Å²) in [6, 6.07) is 7.59. The molecule has 1 fully saturated rings. The first kappa shape index (κ1) is 12.8. The Morgan fingerprint density at radius 1 is 1.40 bits per heavy atom. The van der Waals surface area contributed by atoms with Gasteiger partial charge in [-0.1, -0.05) is 23.7 Å². The van der Waals surface area contributed by atoms with Crippen molar-refractivity contribution in [2.24, 2.45) is 0 Å². The van der Waals surface area contributed by atoms with Crippen LogP contribution < -0.4 is 5.32 Å². The molecule has 2 unspecified atom stereocenters. The lowest BCUT2D eigenvalue weighted by Gasteiger charge is -2.24. The van der Waals surface area contributed by atoms with E-state index in [0.717, 1.165) is 5.56 Å². The van der Waals surface area contributed by atoms with Gasteiger partial charge >= 0.3 is 0 Å². The van der Waals surface area contributed by atoms with Gasteiger partial charge in [-0.05, 0) is 24.6 Å². The third-order valence-corrected chi connectivity index (χ3v) is 3.08. The predicted octanol–water partition coefficient (Wildman–Crippen LogP) is 3.31. The van der Waals surface area contributed by atoms with Crippen LogP contribution in [0.4, 0.5) is 4.39 Å². The molecule has 0 amide bonds. The SMILES string of the molecule is CC1(c2ccc(Cl)cc2)CC(F)CN1.Cl. The van der Waals surface area contributed by atoms with Gasteiger partial charge in [0.2, 0.25) is 0 Å². The fourth-order valence-electron chi connectivity index (χ4n) is 1.96. The molecular weight excluding hydrogens is 236 g/mol. The molecule has 0 aliphatic carbocycles. The van der Waals surface area contributed by atoms with E-state index in [1.807, 2.05) is 31.2 Å². The molecule has 2 rings (SSSR count). The maximum Gasteiger partial charge on any atom is 0.115 e. The van der Waals surface area contributed by atoms with E-state index in [2.05, 4.69) is 5.32 Å². The summed E-state index contributed by atoms with van der Waals surface area (Å²) < 4.78 is 13.1. The molecule has 1 nitrogen and oxygen atoms in total. The largest absolute Gasteiger partial charge is 0.305 e. The van der Waals surface area contributed by atoms with Crippen LogP contribution in [0.15, 0.2) is 24.3 Å². The number of nitrogens with one attached hydrogen (secondary N) is 1. The molecule has 0 aromatic heterocycles. The molecular formula is C11H14Cl2FN. The molecule has 4 heteroatoms. The highest BCUT2D eigenvalue weighted by molar-refractivity contribution is 6.30. The lowest BCUT2D eigenvalue weighted by molar-refractivity contribution is 0.333. The van der Waals surface area contributed by atoms with Gasteiger partial charge in [-0.15, -0.1) is 12.4 Å². The normalized spacial score (nSPS) is 29.9. The molecule has 1 N–H and O–H groups in total. The molecule has 1 aliphatic rings. The average molecular weight is 250 g/mol. The van der Waals surface area contributed by atoms with Crippen molar-refractivity contribution in [2.45, 2.75) is 25.1 Å². The van der Waals surface area contributed by atoms with Crippen LogP contribution in [0.2, 0.25) is 5.02 Å². The molecule has 1 aliphatic heterocycles. The Morgan fingerprint density at radius 2 is 2.00 bits per heavy atom. The van der Waals surface area contributed by atoms with Crippen molar-refractivity contribution in [3.8, 4) is 0 Å². The van der Waals surface area contributed by atoms with Gasteiger partial charge in [0.1, 0.15) is 6.17 Å². The number of alkyl halides is 1. The topological polar surface area (TPSA) is 12.0 Å². The summed E-state index contributed by atoms with van der Waals surface area (Å²) in [5.74, 6) is 0. The van der Waals surface area contributed by atoms with Gasteiger partial charge in [0, 0.05) is 23.5 Å². The standard InChI is InChI=1S/C11H13ClFN.ClH/c1-11(6-10(13)7-14-11)8-2-4-9(12)5-3-8;/h2-5,10,14H,6-7H2,1H3;1H. The van der Waals surface area contributed by atoms with Gasteiger partial charge in [-0.25, -0.2) is 4.39 Å². The van der Waals surface area contributed by atoms with Crippen LogP contribution in [0.3, 0.4) is 0 Å². The van der Waals surface area contributed by atoms with E-state index >= 15 is 0 Å². The summed E-state index contributed by atoms with van der Waals surface area (Å²) in [6.07, 6.45) is -0.204. The second-order valence-corrected chi connectivity index (χ2v) is 4.46. The van der Waals surface area contributed by atoms with Gasteiger partial charge in [-0.3, -0.25) is 0 Å². The van der Waals surface area contributed by atoms with E-state index < -0.39 is 6.17 Å². The second kappa shape index (κ2) is 4.69. The van der Waals surface area contributed by atoms with Crippen LogP contribution in [0.5, 0.6) is 0 Å². The van der Waals surface area contributed by atoms with Gasteiger partial charge in [0.15, 0.2) is 0 Å². The van der Waals surface area contributed by atoms with Crippen molar-refractivity contribution >= 4 is 24.0 Å². The molecule has 0 radical (unpaired) electrons. The fourth-order valence-corrected chi connectivity index (χ4v) is 2.09. The zero-order valence-electron chi connectivity index (χ0n) is 8.47. The summed E-state index contributed by atoms with van der Waals surface area (Å²) in [5.41, 5.74) is 0.867. The van der Waals surface area contributed by atoms with Crippen molar-refractivity contribution < 1.29 is 4.39 Å². The van der Waals surface area contributed by atoms with Crippen LogP contribution in [0, 0.1) is 0 Å². The Bertz CT molecular complexity index is 328. The summed E-state index contributed by atoms with van der Waals surface area (Å²) in [6.45, 7) is 2.47. The minimum Gasteiger partial charge on any atom is -0.305 e. The van der Waals surface area contributed by atoms with Gasteiger partial charge in [0.25, 0.3) is 0 Å². The minimum atomic E-state index is -0.740. The zero-order valence-corrected chi connectivity index (χ0v) is 10.0. The van der Waals surface area contributed by atoms with Crippen molar-refractivity contribution in [2.75, 3.05) is 6.54 Å². The fraction of sp³-hybridized carbons (Fsp3) is 0.455.